The van der Waals surface area contributed by atoms with Crippen molar-refractivity contribution in [3.05, 3.63) is 102 Å². The van der Waals surface area contributed by atoms with Crippen LogP contribution in [0.1, 0.15) is 83.9 Å². The highest BCUT2D eigenvalue weighted by Crippen LogP contribution is 2.42. The smallest absolute Gasteiger partial charge is 0.355 e. The maximum Gasteiger partial charge on any atom is 0.355 e. The number of halogens is 3. The van der Waals surface area contributed by atoms with E-state index in [0.29, 0.717) is 77.7 Å². The molecule has 72 heavy (non-hydrogen) atoms. The first-order valence-corrected chi connectivity index (χ1v) is 24.8. The molecule has 1 unspecified atom stereocenters. The number of carbonyl (C=O) groups excluding carboxylic acids is 5. The first-order valence-electron chi connectivity index (χ1n) is 23.3. The van der Waals surface area contributed by atoms with Crippen molar-refractivity contribution in [2.75, 3.05) is 35.5 Å². The van der Waals surface area contributed by atoms with Gasteiger partial charge >= 0.3 is 5.76 Å². The second-order valence-electron chi connectivity index (χ2n) is 18.6. The van der Waals surface area contributed by atoms with Gasteiger partial charge in [-0.1, -0.05) is 18.2 Å². The summed E-state index contributed by atoms with van der Waals surface area (Å²) >= 11 is 0. The van der Waals surface area contributed by atoms with Crippen LogP contribution in [-0.2, 0) is 31.5 Å². The van der Waals surface area contributed by atoms with Crippen LogP contribution in [0, 0.1) is 11.7 Å². The molecule has 6 aromatic rings. The largest absolute Gasteiger partial charge is 0.484 e. The number of rotatable bonds is 13. The summed E-state index contributed by atoms with van der Waals surface area (Å²) in [5.74, 6) is -6.47. The van der Waals surface area contributed by atoms with Crippen LogP contribution >= 0.6 is 0 Å². The molecule has 2 atom stereocenters. The molecule has 3 aromatic carbocycles. The predicted octanol–water partition coefficient (Wildman–Crippen LogP) is 5.80. The fourth-order valence-electron chi connectivity index (χ4n) is 10.1. The van der Waals surface area contributed by atoms with Crippen molar-refractivity contribution in [1.82, 2.24) is 39.7 Å². The van der Waals surface area contributed by atoms with Crippen molar-refractivity contribution in [2.45, 2.75) is 75.4 Å². The monoisotopic (exact) mass is 1010 g/mol. The molecule has 0 spiro atoms. The van der Waals surface area contributed by atoms with E-state index in [1.807, 2.05) is 32.4 Å². The van der Waals surface area contributed by atoms with Crippen LogP contribution in [0.15, 0.2) is 79.3 Å². The van der Waals surface area contributed by atoms with E-state index in [1.54, 1.807) is 49.2 Å². The summed E-state index contributed by atoms with van der Waals surface area (Å²) in [7, 11) is -1.47. The van der Waals surface area contributed by atoms with E-state index in [9.17, 15) is 45.6 Å². The number of sulfonamides is 1. The van der Waals surface area contributed by atoms with Gasteiger partial charge in [0.1, 0.15) is 35.2 Å². The molecule has 23 heteroatoms. The summed E-state index contributed by atoms with van der Waals surface area (Å²) in [5, 5.41) is 12.2. The first kappa shape index (κ1) is 47.8. The number of amides is 5. The molecular formula is C49H48F3N11O8S. The number of aryl methyl sites for hydroxylation is 1. The molecule has 3 aromatic heterocycles. The van der Waals surface area contributed by atoms with Gasteiger partial charge in [0.25, 0.3) is 21.8 Å². The van der Waals surface area contributed by atoms with E-state index in [0.717, 1.165) is 10.5 Å². The number of likely N-dealkylation sites (tertiary alicyclic amines) is 1. The lowest BCUT2D eigenvalue weighted by molar-refractivity contribution is -0.140. The zero-order valence-corrected chi connectivity index (χ0v) is 39.9. The molecule has 2 saturated heterocycles. The lowest BCUT2D eigenvalue weighted by Crippen LogP contribution is -2.54. The average Bonchev–Trinajstić information content (AvgIpc) is 4.04. The van der Waals surface area contributed by atoms with Crippen LogP contribution in [0.3, 0.4) is 0 Å². The van der Waals surface area contributed by atoms with Crippen LogP contribution in [0.5, 0.6) is 5.75 Å². The molecule has 374 valence electrons. The summed E-state index contributed by atoms with van der Waals surface area (Å²) in [6.45, 7) is 2.72. The van der Waals surface area contributed by atoms with Crippen LogP contribution < -0.4 is 25.4 Å². The van der Waals surface area contributed by atoms with Gasteiger partial charge in [-0.05, 0) is 87.1 Å². The summed E-state index contributed by atoms with van der Waals surface area (Å²) in [4.78, 5) is 73.9. The number of piperidine rings is 2. The number of nitrogens with two attached hydrogens (primary N) is 1. The lowest BCUT2D eigenvalue weighted by atomic mass is 9.78. The molecular weight excluding hydrogens is 960 g/mol. The van der Waals surface area contributed by atoms with Gasteiger partial charge in [-0.15, -0.1) is 0 Å². The van der Waals surface area contributed by atoms with Gasteiger partial charge in [-0.2, -0.15) is 19.0 Å². The summed E-state index contributed by atoms with van der Waals surface area (Å²) in [5.41, 5.74) is 10.7. The van der Waals surface area contributed by atoms with Crippen molar-refractivity contribution in [1.29, 1.82) is 0 Å². The zero-order valence-electron chi connectivity index (χ0n) is 39.1. The highest BCUT2D eigenvalue weighted by atomic mass is 32.2. The summed E-state index contributed by atoms with van der Waals surface area (Å²) in [6, 6.07) is 13.7. The molecule has 5 amide bonds. The number of hydrogen-bond donors (Lipinski definition) is 3. The molecule has 19 nitrogen and oxygen atoms in total. The number of aromatic nitrogens is 5. The van der Waals surface area contributed by atoms with Gasteiger partial charge in [-0.3, -0.25) is 48.3 Å². The van der Waals surface area contributed by atoms with E-state index in [1.165, 1.54) is 42.5 Å². The Balaban J connectivity index is 0.796. The van der Waals surface area contributed by atoms with Crippen LogP contribution in [0.25, 0.3) is 33.3 Å². The number of nitrogen functional groups attached to an aromatic ring is 1. The number of anilines is 3. The van der Waals surface area contributed by atoms with Crippen LogP contribution in [0.2, 0.25) is 0 Å². The van der Waals surface area contributed by atoms with E-state index in [-0.39, 0.29) is 65.1 Å². The SMILES string of the molecule is C[C@H](Oc1cc(-c2nn(C)c3c(-c4cnn(C5CCN(C(=O)C6CC(N(C)c7ccc8c(c7)C(=O)N(C7CCC(=O)NC7=O)C8=O)C6)CC5)c4)cnc(N)c23)ccc1NS(=O)(=O)C(F)F)c1ccc(F)cc1. The third-order valence-electron chi connectivity index (χ3n) is 14.2. The molecule has 10 rings (SSSR count). The van der Waals surface area contributed by atoms with Crippen molar-refractivity contribution in [3.8, 4) is 28.1 Å². The summed E-state index contributed by atoms with van der Waals surface area (Å²) < 4.78 is 76.8. The Hall–Kier alpha value is -7.82. The lowest BCUT2D eigenvalue weighted by Gasteiger charge is -2.44. The molecule has 4 aliphatic rings. The van der Waals surface area contributed by atoms with E-state index in [4.69, 9.17) is 20.7 Å². The quantitative estimate of drug-likeness (QED) is 0.116. The van der Waals surface area contributed by atoms with Gasteiger partial charge in [-0.25, -0.2) is 17.8 Å². The van der Waals surface area contributed by atoms with Gasteiger partial charge in [0, 0.05) is 80.3 Å². The molecule has 3 fully saturated rings. The molecule has 3 aliphatic heterocycles. The minimum atomic E-state index is -5.08. The minimum absolute atomic E-state index is 0.000512. The number of nitrogens with zero attached hydrogens (tertiary/aromatic N) is 8. The van der Waals surface area contributed by atoms with Crippen molar-refractivity contribution < 1.29 is 50.3 Å². The van der Waals surface area contributed by atoms with Crippen molar-refractivity contribution in [3.63, 3.8) is 0 Å². The van der Waals surface area contributed by atoms with Gasteiger partial charge in [0.05, 0.1) is 40.0 Å². The van der Waals surface area contributed by atoms with Crippen molar-refractivity contribution >= 4 is 67.7 Å². The average molecular weight is 1010 g/mol. The number of carbonyl (C=O) groups is 5. The zero-order chi connectivity index (χ0) is 50.9. The molecule has 6 heterocycles. The van der Waals surface area contributed by atoms with Gasteiger partial charge < -0.3 is 20.3 Å². The van der Waals surface area contributed by atoms with Crippen LogP contribution in [0.4, 0.5) is 30.4 Å². The summed E-state index contributed by atoms with van der Waals surface area (Å²) in [6.07, 6.45) is 7.16. The highest BCUT2D eigenvalue weighted by molar-refractivity contribution is 7.93. The Morgan fingerprint density at radius 3 is 2.36 bits per heavy atom. The normalized spacial score (nSPS) is 19.9. The molecule has 1 aliphatic carbocycles. The van der Waals surface area contributed by atoms with Crippen LogP contribution in [-0.4, -0.2) is 110 Å². The van der Waals surface area contributed by atoms with Gasteiger partial charge in [0.2, 0.25) is 17.7 Å². The number of nitrogens with one attached hydrogen (secondary N) is 2. The Morgan fingerprint density at radius 2 is 1.65 bits per heavy atom. The molecule has 0 radical (unpaired) electrons. The third-order valence-corrected chi connectivity index (χ3v) is 15.2. The maximum atomic E-state index is 13.7. The van der Waals surface area contributed by atoms with Gasteiger partial charge in [0.15, 0.2) is 0 Å². The Bertz CT molecular complexity index is 3320. The standard InChI is InChI=1S/C49H48F3N11O8S/c1-25(26-4-7-30(50)8-5-26)71-39-20-27(6-11-37(39)58-72(69,70)49(51)52)42-41-43(60(3)57-42)36(23-54-44(41)53)29-22-55-62(24-29)31-14-16-61(17-15-31)46(66)28-18-33(19-28)59(2)32-9-10-34-35(21-32)48(68)63(47(34)67)38-12-13-40(64)56-45(38)65/h4-11,20-25,28,31,33,38,49,58H,12-19H2,1-3H3,(H2,53,54)(H,56,64,65)/t25-,28?,33?,38?/m0/s1. The third kappa shape index (κ3) is 8.63. The first-order chi connectivity index (χ1) is 34.4. The Labute approximate surface area is 410 Å². The number of fused-ring (bicyclic) bond motifs is 2. The number of alkyl halides is 2. The number of ether oxygens (including phenoxy) is 1. The number of imide groups is 2. The highest BCUT2D eigenvalue weighted by Gasteiger charge is 2.46. The predicted molar refractivity (Wildman–Crippen MR) is 256 cm³/mol. The topological polar surface area (TPSA) is 237 Å². The van der Waals surface area contributed by atoms with E-state index in [2.05, 4.69) is 10.3 Å². The Kier molecular flexibility index (Phi) is 12.2. The molecule has 1 saturated carbocycles. The fraction of sp³-hybridized carbons (Fsp3) is 0.347. The van der Waals surface area contributed by atoms with Crippen molar-refractivity contribution in [2.24, 2.45) is 13.0 Å². The van der Waals surface area contributed by atoms with E-state index >= 15 is 0 Å². The maximum absolute atomic E-state index is 13.7. The number of hydrogen-bond acceptors (Lipinski definition) is 13. The fourth-order valence-corrected chi connectivity index (χ4v) is 10.6. The second kappa shape index (κ2) is 18.4. The number of pyridine rings is 1. The molecule has 4 N–H and O–H groups in total. The van der Waals surface area contributed by atoms with E-state index < -0.39 is 57.4 Å². The second-order valence-corrected chi connectivity index (χ2v) is 20.2. The minimum Gasteiger partial charge on any atom is -0.484 e. The Morgan fingerprint density at radius 1 is 0.931 bits per heavy atom. The molecule has 0 bridgehead atoms. The number of benzene rings is 3.